The Morgan fingerprint density at radius 1 is 1.06 bits per heavy atom. The molecule has 0 aliphatic carbocycles. The third kappa shape index (κ3) is 3.67. The molecular formula is C24H30N6O. The van der Waals surface area contributed by atoms with Crippen LogP contribution in [0, 0.1) is 0 Å². The minimum Gasteiger partial charge on any atom is -0.507 e. The molecule has 0 amide bonds. The number of rotatable bonds is 5. The van der Waals surface area contributed by atoms with E-state index in [1.165, 1.54) is 12.8 Å². The Hall–Kier alpha value is -2.93. The standard InChI is InChI=1S/C24H30N6O/c1-4-30(18-12-23(2)9-10-24(3,13-18)29-23)22-8-7-20(27-28-22)19-6-5-16(11-21(19)31)17-14-25-26-15-17/h5-8,11,14-15,18,29,31H,4,9-10,12-13H2,1-3H3,(H,25,26)/t18?,23-,24+. The second-order valence-electron chi connectivity index (χ2n) is 9.59. The van der Waals surface area contributed by atoms with Gasteiger partial charge in [-0.15, -0.1) is 10.2 Å². The van der Waals surface area contributed by atoms with E-state index in [0.717, 1.165) is 36.3 Å². The number of benzene rings is 1. The molecule has 0 radical (unpaired) electrons. The third-order valence-electron chi connectivity index (χ3n) is 7.04. The number of nitrogens with one attached hydrogen (secondary N) is 2. The zero-order valence-corrected chi connectivity index (χ0v) is 18.4. The Kier molecular flexibility index (Phi) is 4.73. The van der Waals surface area contributed by atoms with E-state index >= 15 is 0 Å². The van der Waals surface area contributed by atoms with Crippen molar-refractivity contribution in [3.8, 4) is 28.1 Å². The summed E-state index contributed by atoms with van der Waals surface area (Å²) in [4.78, 5) is 2.39. The van der Waals surface area contributed by atoms with Crippen molar-refractivity contribution in [1.82, 2.24) is 25.7 Å². The summed E-state index contributed by atoms with van der Waals surface area (Å²) in [5.41, 5.74) is 3.59. The molecule has 31 heavy (non-hydrogen) atoms. The molecule has 2 saturated heterocycles. The summed E-state index contributed by atoms with van der Waals surface area (Å²) in [6.07, 6.45) is 8.24. The maximum atomic E-state index is 10.6. The molecular weight excluding hydrogens is 388 g/mol. The largest absolute Gasteiger partial charge is 0.507 e. The van der Waals surface area contributed by atoms with Gasteiger partial charge in [-0.25, -0.2) is 0 Å². The van der Waals surface area contributed by atoms with E-state index in [1.54, 1.807) is 18.5 Å². The van der Waals surface area contributed by atoms with Gasteiger partial charge >= 0.3 is 0 Å². The second kappa shape index (κ2) is 7.34. The van der Waals surface area contributed by atoms with Crippen LogP contribution < -0.4 is 10.2 Å². The summed E-state index contributed by atoms with van der Waals surface area (Å²) >= 11 is 0. The van der Waals surface area contributed by atoms with Crippen LogP contribution >= 0.6 is 0 Å². The van der Waals surface area contributed by atoms with Gasteiger partial charge in [0.05, 0.1) is 11.9 Å². The molecule has 2 aliphatic heterocycles. The molecule has 162 valence electrons. The lowest BCUT2D eigenvalue weighted by Gasteiger charge is -2.46. The summed E-state index contributed by atoms with van der Waals surface area (Å²) < 4.78 is 0. The first-order valence-electron chi connectivity index (χ1n) is 11.1. The van der Waals surface area contributed by atoms with Gasteiger partial charge in [0, 0.05) is 41.0 Å². The molecule has 0 spiro atoms. The lowest BCUT2D eigenvalue weighted by atomic mass is 9.84. The van der Waals surface area contributed by atoms with E-state index in [2.05, 4.69) is 51.4 Å². The normalized spacial score (nSPS) is 27.4. The van der Waals surface area contributed by atoms with Crippen LogP contribution in [-0.2, 0) is 0 Å². The Balaban J connectivity index is 1.38. The second-order valence-corrected chi connectivity index (χ2v) is 9.59. The van der Waals surface area contributed by atoms with Crippen molar-refractivity contribution in [3.05, 3.63) is 42.7 Å². The smallest absolute Gasteiger partial charge is 0.151 e. The summed E-state index contributed by atoms with van der Waals surface area (Å²) in [5, 5.41) is 30.2. The van der Waals surface area contributed by atoms with Crippen LogP contribution in [-0.4, -0.2) is 49.2 Å². The highest BCUT2D eigenvalue weighted by Crippen LogP contribution is 2.44. The molecule has 1 aromatic carbocycles. The van der Waals surface area contributed by atoms with E-state index < -0.39 is 0 Å². The third-order valence-corrected chi connectivity index (χ3v) is 7.04. The van der Waals surface area contributed by atoms with Gasteiger partial charge < -0.3 is 15.3 Å². The maximum absolute atomic E-state index is 10.6. The number of hydrogen-bond acceptors (Lipinski definition) is 6. The molecule has 2 aliphatic rings. The van der Waals surface area contributed by atoms with Gasteiger partial charge in [0.15, 0.2) is 5.82 Å². The van der Waals surface area contributed by atoms with Crippen molar-refractivity contribution in [2.75, 3.05) is 11.4 Å². The molecule has 3 atom stereocenters. The highest BCUT2D eigenvalue weighted by Gasteiger charge is 2.49. The molecule has 2 fully saturated rings. The topological polar surface area (TPSA) is 90.0 Å². The van der Waals surface area contributed by atoms with Crippen molar-refractivity contribution in [2.45, 2.75) is 63.6 Å². The number of nitrogens with zero attached hydrogens (tertiary/aromatic N) is 4. The van der Waals surface area contributed by atoms with Crippen LogP contribution in [0.25, 0.3) is 22.4 Å². The maximum Gasteiger partial charge on any atom is 0.151 e. The summed E-state index contributed by atoms with van der Waals surface area (Å²) in [6, 6.07) is 10.0. The van der Waals surface area contributed by atoms with Gasteiger partial charge in [-0.3, -0.25) is 5.10 Å². The van der Waals surface area contributed by atoms with Gasteiger partial charge in [0.1, 0.15) is 5.75 Å². The molecule has 1 unspecified atom stereocenters. The quantitative estimate of drug-likeness (QED) is 0.577. The fourth-order valence-corrected chi connectivity index (χ4v) is 5.61. The van der Waals surface area contributed by atoms with Gasteiger partial charge in [0.2, 0.25) is 0 Å². The van der Waals surface area contributed by atoms with Crippen LogP contribution in [0.15, 0.2) is 42.7 Å². The van der Waals surface area contributed by atoms with Crippen molar-refractivity contribution in [1.29, 1.82) is 0 Å². The number of aromatic nitrogens is 4. The fourth-order valence-electron chi connectivity index (χ4n) is 5.61. The van der Waals surface area contributed by atoms with Crippen molar-refractivity contribution in [2.24, 2.45) is 0 Å². The number of piperidine rings is 1. The molecule has 3 aromatic rings. The number of phenols is 1. The predicted octanol–water partition coefficient (Wildman–Crippen LogP) is 4.13. The van der Waals surface area contributed by atoms with Crippen molar-refractivity contribution >= 4 is 5.82 Å². The van der Waals surface area contributed by atoms with Crippen molar-refractivity contribution in [3.63, 3.8) is 0 Å². The van der Waals surface area contributed by atoms with Crippen LogP contribution in [0.5, 0.6) is 5.75 Å². The van der Waals surface area contributed by atoms with Gasteiger partial charge in [-0.2, -0.15) is 5.10 Å². The van der Waals surface area contributed by atoms with Crippen LogP contribution in [0.1, 0.15) is 46.5 Å². The first kappa shape index (κ1) is 20.0. The fraction of sp³-hybridized carbons (Fsp3) is 0.458. The van der Waals surface area contributed by atoms with Crippen LogP contribution in [0.4, 0.5) is 5.82 Å². The SMILES string of the molecule is CCN(c1ccc(-c2ccc(-c3cn[nH]c3)cc2O)nn1)C1C[C@]2(C)CC[C@](C)(C1)N2. The highest BCUT2D eigenvalue weighted by molar-refractivity contribution is 5.73. The lowest BCUT2D eigenvalue weighted by molar-refractivity contribution is 0.205. The van der Waals surface area contributed by atoms with E-state index in [-0.39, 0.29) is 16.8 Å². The minimum absolute atomic E-state index is 0.184. The lowest BCUT2D eigenvalue weighted by Crippen LogP contribution is -2.59. The van der Waals surface area contributed by atoms with E-state index in [1.807, 2.05) is 24.3 Å². The minimum atomic E-state index is 0.184. The average molecular weight is 419 g/mol. The number of anilines is 1. The molecule has 4 heterocycles. The monoisotopic (exact) mass is 418 g/mol. The van der Waals surface area contributed by atoms with E-state index in [0.29, 0.717) is 17.3 Å². The zero-order chi connectivity index (χ0) is 21.6. The first-order valence-corrected chi connectivity index (χ1v) is 11.1. The molecule has 2 aromatic heterocycles. The van der Waals surface area contributed by atoms with Gasteiger partial charge in [-0.1, -0.05) is 6.07 Å². The molecule has 5 rings (SSSR count). The van der Waals surface area contributed by atoms with Crippen LogP contribution in [0.2, 0.25) is 0 Å². The Morgan fingerprint density at radius 2 is 1.84 bits per heavy atom. The number of aromatic hydroxyl groups is 1. The van der Waals surface area contributed by atoms with E-state index in [9.17, 15) is 5.11 Å². The van der Waals surface area contributed by atoms with Gasteiger partial charge in [-0.05, 0) is 76.3 Å². The molecule has 7 nitrogen and oxygen atoms in total. The summed E-state index contributed by atoms with van der Waals surface area (Å²) in [7, 11) is 0. The molecule has 3 N–H and O–H groups in total. The zero-order valence-electron chi connectivity index (χ0n) is 18.4. The number of hydrogen-bond donors (Lipinski definition) is 3. The molecule has 7 heteroatoms. The predicted molar refractivity (Wildman–Crippen MR) is 122 cm³/mol. The average Bonchev–Trinajstić information content (AvgIpc) is 3.35. The molecule has 2 bridgehead atoms. The number of fused-ring (bicyclic) bond motifs is 2. The Bertz CT molecular complexity index is 1050. The first-order chi connectivity index (χ1) is 14.9. The Morgan fingerprint density at radius 3 is 2.42 bits per heavy atom. The van der Waals surface area contributed by atoms with Crippen LogP contribution in [0.3, 0.4) is 0 Å². The highest BCUT2D eigenvalue weighted by atomic mass is 16.3. The number of phenolic OH excluding ortho intramolecular Hbond substituents is 1. The summed E-state index contributed by atoms with van der Waals surface area (Å²) in [6.45, 7) is 7.78. The number of H-pyrrole nitrogens is 1. The summed E-state index contributed by atoms with van der Waals surface area (Å²) in [5.74, 6) is 1.09. The molecule has 0 saturated carbocycles. The van der Waals surface area contributed by atoms with E-state index in [4.69, 9.17) is 0 Å². The van der Waals surface area contributed by atoms with Crippen molar-refractivity contribution < 1.29 is 5.11 Å². The Labute approximate surface area is 182 Å². The number of aromatic amines is 1. The van der Waals surface area contributed by atoms with Gasteiger partial charge in [0.25, 0.3) is 0 Å².